The number of nitrogens with two attached hydrogens (primary N) is 1. The van der Waals surface area contributed by atoms with Gasteiger partial charge in [-0.15, -0.1) is 0 Å². The number of benzene rings is 2. The van der Waals surface area contributed by atoms with Crippen LogP contribution in [0.1, 0.15) is 20.8 Å². The molecule has 3 rings (SSSR count). The molecule has 144 valence electrons. The fourth-order valence-corrected chi connectivity index (χ4v) is 3.73. The fraction of sp³-hybridized carbons (Fsp3) is 0.0556. The van der Waals surface area contributed by atoms with Crippen LogP contribution in [0.25, 0.3) is 5.69 Å². The van der Waals surface area contributed by atoms with Crippen molar-refractivity contribution in [3.05, 3.63) is 72.1 Å². The molecule has 1 amide bonds. The Morgan fingerprint density at radius 2 is 1.75 bits per heavy atom. The molecule has 0 fully saturated rings. The van der Waals surface area contributed by atoms with Crippen LogP contribution in [0.15, 0.2) is 65.7 Å². The lowest BCUT2D eigenvalue weighted by Gasteiger charge is -2.11. The lowest BCUT2D eigenvalue weighted by atomic mass is 10.2. The number of methoxy groups -OCH3 is 1. The molecule has 0 radical (unpaired) electrons. The molecule has 28 heavy (non-hydrogen) atoms. The number of esters is 1. The molecule has 0 atom stereocenters. The molecule has 0 aliphatic carbocycles. The largest absolute Gasteiger partial charge is 0.465 e. The molecule has 0 spiro atoms. The SMILES string of the molecule is COC(=O)c1ccccc1S(=O)(=O)Nc1ccc(-n2ccc(C(N)=O)n2)cc1. The zero-order valence-electron chi connectivity index (χ0n) is 14.7. The number of amides is 1. The van der Waals surface area contributed by atoms with Crippen molar-refractivity contribution in [2.45, 2.75) is 4.90 Å². The topological polar surface area (TPSA) is 133 Å². The van der Waals surface area contributed by atoms with E-state index >= 15 is 0 Å². The van der Waals surface area contributed by atoms with Crippen molar-refractivity contribution >= 4 is 27.6 Å². The van der Waals surface area contributed by atoms with E-state index in [1.807, 2.05) is 0 Å². The van der Waals surface area contributed by atoms with E-state index in [1.54, 1.807) is 24.4 Å². The summed E-state index contributed by atoms with van der Waals surface area (Å²) < 4.78 is 33.9. The molecule has 0 unspecified atom stereocenters. The summed E-state index contributed by atoms with van der Waals surface area (Å²) in [4.78, 5) is 22.8. The molecule has 0 bridgehead atoms. The first-order valence-electron chi connectivity index (χ1n) is 7.98. The highest BCUT2D eigenvalue weighted by Gasteiger charge is 2.22. The summed E-state index contributed by atoms with van der Waals surface area (Å²) in [5.41, 5.74) is 6.11. The van der Waals surface area contributed by atoms with Crippen molar-refractivity contribution in [2.24, 2.45) is 5.73 Å². The zero-order valence-corrected chi connectivity index (χ0v) is 15.5. The minimum absolute atomic E-state index is 0.0651. The van der Waals surface area contributed by atoms with E-state index in [4.69, 9.17) is 5.73 Å². The maximum Gasteiger partial charge on any atom is 0.339 e. The van der Waals surface area contributed by atoms with Gasteiger partial charge in [-0.1, -0.05) is 12.1 Å². The number of carbonyl (C=O) groups excluding carboxylic acids is 2. The number of hydrogen-bond donors (Lipinski definition) is 2. The standard InChI is InChI=1S/C18H16N4O5S/c1-27-18(24)14-4-2-3-5-16(14)28(25,26)21-12-6-8-13(9-7-12)22-11-10-15(20-22)17(19)23/h2-11,21H,1H3,(H2,19,23). The highest BCUT2D eigenvalue weighted by Crippen LogP contribution is 2.21. The van der Waals surface area contributed by atoms with E-state index in [1.165, 1.54) is 48.2 Å². The Balaban J connectivity index is 1.86. The molecule has 9 nitrogen and oxygen atoms in total. The van der Waals surface area contributed by atoms with Gasteiger partial charge in [-0.05, 0) is 42.5 Å². The Morgan fingerprint density at radius 3 is 2.36 bits per heavy atom. The Labute approximate surface area is 160 Å². The molecule has 3 N–H and O–H groups in total. The van der Waals surface area contributed by atoms with E-state index in [-0.39, 0.29) is 21.8 Å². The first-order chi connectivity index (χ1) is 13.3. The van der Waals surface area contributed by atoms with Crippen molar-refractivity contribution in [3.63, 3.8) is 0 Å². The first kappa shape index (κ1) is 19.1. The van der Waals surface area contributed by atoms with Crippen LogP contribution < -0.4 is 10.5 Å². The van der Waals surface area contributed by atoms with Crippen LogP contribution in [0.2, 0.25) is 0 Å². The van der Waals surface area contributed by atoms with Gasteiger partial charge >= 0.3 is 5.97 Å². The number of anilines is 1. The van der Waals surface area contributed by atoms with Crippen molar-refractivity contribution in [2.75, 3.05) is 11.8 Å². The molecule has 1 aromatic heterocycles. The predicted molar refractivity (Wildman–Crippen MR) is 101 cm³/mol. The number of rotatable bonds is 6. The summed E-state index contributed by atoms with van der Waals surface area (Å²) in [6.45, 7) is 0. The van der Waals surface area contributed by atoms with Crippen LogP contribution in [-0.4, -0.2) is 37.2 Å². The van der Waals surface area contributed by atoms with Gasteiger partial charge in [0.1, 0.15) is 10.6 Å². The van der Waals surface area contributed by atoms with Gasteiger partial charge in [0.2, 0.25) is 0 Å². The smallest absolute Gasteiger partial charge is 0.339 e. The van der Waals surface area contributed by atoms with E-state index in [9.17, 15) is 18.0 Å². The van der Waals surface area contributed by atoms with Gasteiger partial charge in [-0.3, -0.25) is 9.52 Å². The van der Waals surface area contributed by atoms with Crippen molar-refractivity contribution < 1.29 is 22.7 Å². The lowest BCUT2D eigenvalue weighted by molar-refractivity contribution is 0.0596. The molecule has 3 aromatic rings. The number of nitrogens with zero attached hydrogens (tertiary/aromatic N) is 2. The Morgan fingerprint density at radius 1 is 1.07 bits per heavy atom. The van der Waals surface area contributed by atoms with E-state index < -0.39 is 21.9 Å². The quantitative estimate of drug-likeness (QED) is 0.603. The molecule has 10 heteroatoms. The number of sulfonamides is 1. The van der Waals surface area contributed by atoms with E-state index in [2.05, 4.69) is 14.6 Å². The molecule has 2 aromatic carbocycles. The van der Waals surface area contributed by atoms with Crippen molar-refractivity contribution in [1.29, 1.82) is 0 Å². The van der Waals surface area contributed by atoms with Crippen LogP contribution in [0, 0.1) is 0 Å². The summed E-state index contributed by atoms with van der Waals surface area (Å²) in [6, 6.07) is 13.5. The first-order valence-corrected chi connectivity index (χ1v) is 9.46. The molecular formula is C18H16N4O5S. The van der Waals surface area contributed by atoms with Crippen LogP contribution in [0.4, 0.5) is 5.69 Å². The Bertz CT molecular complexity index is 1140. The summed E-state index contributed by atoms with van der Waals surface area (Å²) in [7, 11) is -2.84. The van der Waals surface area contributed by atoms with E-state index in [0.717, 1.165) is 0 Å². The monoisotopic (exact) mass is 400 g/mol. The summed E-state index contributed by atoms with van der Waals surface area (Å²) in [5.74, 6) is -1.40. The minimum Gasteiger partial charge on any atom is -0.465 e. The zero-order chi connectivity index (χ0) is 20.3. The fourth-order valence-electron chi connectivity index (χ4n) is 2.47. The molecule has 1 heterocycles. The molecule has 0 saturated heterocycles. The van der Waals surface area contributed by atoms with E-state index in [0.29, 0.717) is 5.69 Å². The number of carbonyl (C=O) groups is 2. The van der Waals surface area contributed by atoms with Crippen LogP contribution in [-0.2, 0) is 14.8 Å². The van der Waals surface area contributed by atoms with Crippen LogP contribution in [0.5, 0.6) is 0 Å². The maximum absolute atomic E-state index is 12.7. The summed E-state index contributed by atoms with van der Waals surface area (Å²) in [6.07, 6.45) is 1.56. The van der Waals surface area contributed by atoms with Gasteiger partial charge < -0.3 is 10.5 Å². The van der Waals surface area contributed by atoms with Gasteiger partial charge in [0, 0.05) is 11.9 Å². The van der Waals surface area contributed by atoms with Gasteiger partial charge in [0.05, 0.1) is 18.4 Å². The average molecular weight is 400 g/mol. The highest BCUT2D eigenvalue weighted by atomic mass is 32.2. The normalized spacial score (nSPS) is 11.0. The number of primary amides is 1. The third-order valence-electron chi connectivity index (χ3n) is 3.81. The third-order valence-corrected chi connectivity index (χ3v) is 5.25. The molecule has 0 saturated carbocycles. The predicted octanol–water partition coefficient (Wildman–Crippen LogP) is 1.56. The summed E-state index contributed by atoms with van der Waals surface area (Å²) >= 11 is 0. The second kappa shape index (κ2) is 7.53. The number of aromatic nitrogens is 2. The number of nitrogens with one attached hydrogen (secondary N) is 1. The van der Waals surface area contributed by atoms with Gasteiger partial charge in [0.15, 0.2) is 0 Å². The molecule has 0 aliphatic rings. The molecular weight excluding hydrogens is 384 g/mol. The minimum atomic E-state index is -4.02. The maximum atomic E-state index is 12.7. The summed E-state index contributed by atoms with van der Waals surface area (Å²) in [5, 5.41) is 4.02. The van der Waals surface area contributed by atoms with Gasteiger partial charge in [0.25, 0.3) is 15.9 Å². The van der Waals surface area contributed by atoms with Gasteiger partial charge in [-0.25, -0.2) is 17.9 Å². The van der Waals surface area contributed by atoms with Crippen molar-refractivity contribution in [3.8, 4) is 5.69 Å². The highest BCUT2D eigenvalue weighted by molar-refractivity contribution is 7.92. The second-order valence-corrected chi connectivity index (χ2v) is 7.30. The van der Waals surface area contributed by atoms with Crippen molar-refractivity contribution in [1.82, 2.24) is 9.78 Å². The Kier molecular flexibility index (Phi) is 5.14. The van der Waals surface area contributed by atoms with Crippen LogP contribution >= 0.6 is 0 Å². The third kappa shape index (κ3) is 3.86. The lowest BCUT2D eigenvalue weighted by Crippen LogP contribution is -2.17. The number of ether oxygens (including phenoxy) is 1. The van der Waals surface area contributed by atoms with Crippen LogP contribution in [0.3, 0.4) is 0 Å². The second-order valence-electron chi connectivity index (χ2n) is 5.65. The molecule has 0 aliphatic heterocycles. The number of hydrogen-bond acceptors (Lipinski definition) is 6. The average Bonchev–Trinajstić information content (AvgIpc) is 3.18. The Hall–Kier alpha value is -3.66. The van der Waals surface area contributed by atoms with Gasteiger partial charge in [-0.2, -0.15) is 5.10 Å².